The van der Waals surface area contributed by atoms with Crippen LogP contribution < -0.4 is 0 Å². The lowest BCUT2D eigenvalue weighted by Gasteiger charge is -2.35. The third-order valence-corrected chi connectivity index (χ3v) is 6.36. The van der Waals surface area contributed by atoms with Crippen LogP contribution in [0.2, 0.25) is 0 Å². The summed E-state index contributed by atoms with van der Waals surface area (Å²) in [5.74, 6) is 0.678. The van der Waals surface area contributed by atoms with Crippen LogP contribution in [-0.4, -0.2) is 58.0 Å². The molecule has 4 rings (SSSR count). The minimum absolute atomic E-state index is 0.255. The van der Waals surface area contributed by atoms with E-state index in [-0.39, 0.29) is 5.92 Å². The highest BCUT2D eigenvalue weighted by Gasteiger charge is 2.29. The van der Waals surface area contributed by atoms with Crippen LogP contribution >= 0.6 is 0 Å². The third-order valence-electron chi connectivity index (χ3n) is 6.36. The van der Waals surface area contributed by atoms with Crippen LogP contribution in [0.3, 0.4) is 0 Å². The number of carbonyl (C=O) groups excluding carboxylic acids is 1. The Hall–Kier alpha value is -1.88. The van der Waals surface area contributed by atoms with E-state index in [1.807, 2.05) is 12.3 Å². The first-order valence-electron chi connectivity index (χ1n) is 10.7. The van der Waals surface area contributed by atoms with Crippen LogP contribution in [0.5, 0.6) is 0 Å². The molecule has 0 saturated carbocycles. The van der Waals surface area contributed by atoms with Crippen molar-refractivity contribution < 1.29 is 4.79 Å². The number of pyridine rings is 1. The first kappa shape index (κ1) is 18.5. The minimum Gasteiger partial charge on any atom is -0.342 e. The number of likely N-dealkylation sites (tertiary alicyclic amines) is 2. The molecule has 0 radical (unpaired) electrons. The van der Waals surface area contributed by atoms with Gasteiger partial charge in [-0.05, 0) is 76.2 Å². The van der Waals surface area contributed by atoms with Gasteiger partial charge in [-0.1, -0.05) is 0 Å². The second-order valence-corrected chi connectivity index (χ2v) is 8.07. The molecule has 0 aliphatic carbocycles. The van der Waals surface area contributed by atoms with E-state index >= 15 is 0 Å². The molecule has 0 N–H and O–H groups in total. The molecule has 27 heavy (non-hydrogen) atoms. The van der Waals surface area contributed by atoms with E-state index in [4.69, 9.17) is 0 Å². The molecule has 0 bridgehead atoms. The maximum atomic E-state index is 12.7. The average molecular weight is 369 g/mol. The summed E-state index contributed by atoms with van der Waals surface area (Å²) in [6.07, 6.45) is 10.9. The Morgan fingerprint density at radius 1 is 1.15 bits per heavy atom. The number of hydrogen-bond acceptors (Lipinski definition) is 3. The van der Waals surface area contributed by atoms with Crippen LogP contribution in [0.25, 0.3) is 11.0 Å². The van der Waals surface area contributed by atoms with Gasteiger partial charge in [0.1, 0.15) is 5.65 Å². The summed E-state index contributed by atoms with van der Waals surface area (Å²) < 4.78 is 2.24. The predicted molar refractivity (Wildman–Crippen MR) is 109 cm³/mol. The van der Waals surface area contributed by atoms with Crippen molar-refractivity contribution in [3.63, 3.8) is 0 Å². The summed E-state index contributed by atoms with van der Waals surface area (Å²) in [5.41, 5.74) is 2.49. The molecule has 0 aromatic carbocycles. The molecule has 2 aromatic heterocycles. The zero-order valence-corrected chi connectivity index (χ0v) is 16.6. The van der Waals surface area contributed by atoms with Crippen LogP contribution in [0.1, 0.15) is 44.6 Å². The van der Waals surface area contributed by atoms with Gasteiger partial charge in [-0.15, -0.1) is 0 Å². The molecule has 2 aliphatic heterocycles. The van der Waals surface area contributed by atoms with E-state index in [1.165, 1.54) is 30.2 Å². The van der Waals surface area contributed by atoms with Gasteiger partial charge in [0.2, 0.25) is 5.91 Å². The highest BCUT2D eigenvalue weighted by molar-refractivity contribution is 5.80. The second kappa shape index (κ2) is 8.42. The summed E-state index contributed by atoms with van der Waals surface area (Å²) in [5, 5.41) is 1.29. The number of rotatable bonds is 5. The van der Waals surface area contributed by atoms with Gasteiger partial charge < -0.3 is 14.4 Å². The normalized spacial score (nSPS) is 19.7. The van der Waals surface area contributed by atoms with Gasteiger partial charge in [0.25, 0.3) is 0 Å². The van der Waals surface area contributed by atoms with E-state index in [0.717, 1.165) is 64.2 Å². The molecule has 0 atom stereocenters. The average Bonchev–Trinajstić information content (AvgIpc) is 3.11. The second-order valence-electron chi connectivity index (χ2n) is 8.07. The van der Waals surface area contributed by atoms with Gasteiger partial charge in [0.05, 0.1) is 0 Å². The number of aromatic nitrogens is 2. The van der Waals surface area contributed by atoms with Gasteiger partial charge in [-0.2, -0.15) is 0 Å². The third kappa shape index (κ3) is 4.03. The zero-order chi connectivity index (χ0) is 18.6. The number of aryl methyl sites for hydroxylation is 1. The van der Waals surface area contributed by atoms with E-state index in [1.54, 1.807) is 0 Å². The number of nitrogens with zero attached hydrogens (tertiary/aromatic N) is 4. The van der Waals surface area contributed by atoms with E-state index < -0.39 is 0 Å². The Morgan fingerprint density at radius 3 is 2.67 bits per heavy atom. The lowest BCUT2D eigenvalue weighted by Crippen LogP contribution is -2.44. The minimum atomic E-state index is 0.255. The summed E-state index contributed by atoms with van der Waals surface area (Å²) in [6.45, 7) is 8.26. The highest BCUT2D eigenvalue weighted by Crippen LogP contribution is 2.24. The molecule has 2 aromatic rings. The Morgan fingerprint density at radius 2 is 1.93 bits per heavy atom. The molecule has 2 fully saturated rings. The Bertz CT molecular complexity index is 770. The maximum Gasteiger partial charge on any atom is 0.225 e. The molecule has 5 nitrogen and oxygen atoms in total. The molecular formula is C22H32N4O. The van der Waals surface area contributed by atoms with Gasteiger partial charge in [0, 0.05) is 49.9 Å². The van der Waals surface area contributed by atoms with Crippen molar-refractivity contribution in [1.29, 1.82) is 0 Å². The molecular weight excluding hydrogens is 336 g/mol. The van der Waals surface area contributed by atoms with Crippen molar-refractivity contribution in [1.82, 2.24) is 19.4 Å². The van der Waals surface area contributed by atoms with E-state index in [9.17, 15) is 4.79 Å². The van der Waals surface area contributed by atoms with E-state index in [0.29, 0.717) is 5.91 Å². The van der Waals surface area contributed by atoms with Crippen molar-refractivity contribution in [2.75, 3.05) is 32.7 Å². The van der Waals surface area contributed by atoms with Crippen molar-refractivity contribution >= 4 is 16.9 Å². The van der Waals surface area contributed by atoms with Crippen LogP contribution in [0, 0.1) is 5.92 Å². The van der Waals surface area contributed by atoms with Crippen molar-refractivity contribution in [3.05, 3.63) is 30.1 Å². The van der Waals surface area contributed by atoms with Crippen molar-refractivity contribution in [2.45, 2.75) is 52.0 Å². The summed E-state index contributed by atoms with van der Waals surface area (Å²) in [6, 6.07) is 4.22. The van der Waals surface area contributed by atoms with Gasteiger partial charge in [-0.3, -0.25) is 4.79 Å². The van der Waals surface area contributed by atoms with Crippen molar-refractivity contribution in [2.24, 2.45) is 5.92 Å². The highest BCUT2D eigenvalue weighted by atomic mass is 16.2. The molecule has 0 spiro atoms. The lowest BCUT2D eigenvalue weighted by molar-refractivity contribution is -0.138. The molecule has 5 heteroatoms. The Labute approximate surface area is 162 Å². The summed E-state index contributed by atoms with van der Waals surface area (Å²) in [4.78, 5) is 21.9. The fourth-order valence-electron chi connectivity index (χ4n) is 4.69. The fourth-order valence-corrected chi connectivity index (χ4v) is 4.69. The Kier molecular flexibility index (Phi) is 5.77. The van der Waals surface area contributed by atoms with Gasteiger partial charge in [0.15, 0.2) is 0 Å². The van der Waals surface area contributed by atoms with E-state index in [2.05, 4.69) is 38.5 Å². The number of hydrogen-bond donors (Lipinski definition) is 0. The van der Waals surface area contributed by atoms with Crippen LogP contribution in [0.4, 0.5) is 0 Å². The van der Waals surface area contributed by atoms with Crippen LogP contribution in [0.15, 0.2) is 24.5 Å². The topological polar surface area (TPSA) is 41.4 Å². The smallest absolute Gasteiger partial charge is 0.225 e. The SMILES string of the molecule is CCn1cc(CCN2CCC(C(=O)N3CCCCC3)CC2)c2cccnc21. The standard InChI is InChI=1S/C22H32N4O/c1-2-25-17-19(20-7-6-11-23-21(20)25)10-16-24-14-8-18(9-15-24)22(27)26-12-4-3-5-13-26/h6-7,11,17-18H,2-5,8-10,12-16H2,1H3. The first-order chi connectivity index (χ1) is 13.3. The molecule has 1 amide bonds. The van der Waals surface area contributed by atoms with Gasteiger partial charge in [-0.25, -0.2) is 4.98 Å². The number of fused-ring (bicyclic) bond motifs is 1. The van der Waals surface area contributed by atoms with Crippen molar-refractivity contribution in [3.8, 4) is 0 Å². The van der Waals surface area contributed by atoms with Crippen LogP contribution in [-0.2, 0) is 17.8 Å². The quantitative estimate of drug-likeness (QED) is 0.813. The summed E-state index contributed by atoms with van der Waals surface area (Å²) in [7, 11) is 0. The maximum absolute atomic E-state index is 12.7. The monoisotopic (exact) mass is 368 g/mol. The molecule has 146 valence electrons. The molecule has 4 heterocycles. The Balaban J connectivity index is 1.30. The lowest BCUT2D eigenvalue weighted by atomic mass is 9.94. The predicted octanol–water partition coefficient (Wildman–Crippen LogP) is 3.32. The fraction of sp³-hybridized carbons (Fsp3) is 0.636. The first-order valence-corrected chi connectivity index (χ1v) is 10.7. The van der Waals surface area contributed by atoms with Gasteiger partial charge >= 0.3 is 0 Å². The molecule has 2 saturated heterocycles. The molecule has 0 unspecified atom stereocenters. The summed E-state index contributed by atoms with van der Waals surface area (Å²) >= 11 is 0. The number of piperidine rings is 2. The zero-order valence-electron chi connectivity index (χ0n) is 16.6. The largest absolute Gasteiger partial charge is 0.342 e. The number of amides is 1. The number of carbonyl (C=O) groups is 1. The molecule has 2 aliphatic rings.